The highest BCUT2D eigenvalue weighted by molar-refractivity contribution is 7.13. The highest BCUT2D eigenvalue weighted by Gasteiger charge is 2.08. The summed E-state index contributed by atoms with van der Waals surface area (Å²) in [4.78, 5) is 27.4. The average Bonchev–Trinajstić information content (AvgIpc) is 2.84. The number of nitrogens with two attached hydrogens (primary N) is 2. The van der Waals surface area contributed by atoms with Crippen molar-refractivity contribution in [3.63, 3.8) is 0 Å². The number of nitrogens with one attached hydrogen (secondary N) is 1. The summed E-state index contributed by atoms with van der Waals surface area (Å²) < 4.78 is 0. The van der Waals surface area contributed by atoms with Crippen molar-refractivity contribution >= 4 is 28.3 Å². The number of hydrogen-bond acceptors (Lipinski definition) is 6. The number of carbonyl (C=O) groups excluding carboxylic acids is 1. The molecule has 104 valence electrons. The summed E-state index contributed by atoms with van der Waals surface area (Å²) in [7, 11) is 0. The van der Waals surface area contributed by atoms with Crippen molar-refractivity contribution in [1.29, 1.82) is 0 Å². The van der Waals surface area contributed by atoms with Gasteiger partial charge in [0.05, 0.1) is 12.2 Å². The highest BCUT2D eigenvalue weighted by atomic mass is 32.1. The predicted molar refractivity (Wildman–Crippen MR) is 76.1 cm³/mol. The third kappa shape index (κ3) is 3.72. The standard InChI is InChI=1S/C11H13N7OS/c1-6(19)15-4-7-2-3-14-9(16-7)8-5-20-11(17-8)18-10(12)13/h2-3,5H,4H2,1H3,(H,15,19)(H4,12,13,17,18). The minimum atomic E-state index is -0.117. The third-order valence-corrected chi connectivity index (χ3v) is 2.91. The second-order valence-electron chi connectivity index (χ2n) is 3.83. The highest BCUT2D eigenvalue weighted by Crippen LogP contribution is 2.24. The van der Waals surface area contributed by atoms with Crippen molar-refractivity contribution in [2.24, 2.45) is 16.5 Å². The topological polar surface area (TPSA) is 132 Å². The van der Waals surface area contributed by atoms with Crippen LogP contribution in [0.2, 0.25) is 0 Å². The Morgan fingerprint density at radius 3 is 2.95 bits per heavy atom. The first-order valence-corrected chi connectivity index (χ1v) is 6.54. The zero-order chi connectivity index (χ0) is 14.5. The minimum Gasteiger partial charge on any atom is -0.370 e. The molecular formula is C11H13N7OS. The van der Waals surface area contributed by atoms with Gasteiger partial charge in [-0.05, 0) is 6.07 Å². The van der Waals surface area contributed by atoms with Gasteiger partial charge in [-0.15, -0.1) is 11.3 Å². The van der Waals surface area contributed by atoms with Crippen molar-refractivity contribution in [3.05, 3.63) is 23.3 Å². The summed E-state index contributed by atoms with van der Waals surface area (Å²) in [6.07, 6.45) is 1.61. The smallest absolute Gasteiger partial charge is 0.217 e. The van der Waals surface area contributed by atoms with Crippen molar-refractivity contribution in [2.75, 3.05) is 0 Å². The molecule has 0 saturated heterocycles. The van der Waals surface area contributed by atoms with E-state index in [9.17, 15) is 4.79 Å². The lowest BCUT2D eigenvalue weighted by molar-refractivity contribution is -0.119. The predicted octanol–water partition coefficient (Wildman–Crippen LogP) is 0.141. The first kappa shape index (κ1) is 13.9. The van der Waals surface area contributed by atoms with Crippen LogP contribution in [-0.2, 0) is 11.3 Å². The lowest BCUT2D eigenvalue weighted by Crippen LogP contribution is -2.21. The molecule has 8 nitrogen and oxygen atoms in total. The molecule has 0 radical (unpaired) electrons. The lowest BCUT2D eigenvalue weighted by atomic mass is 10.3. The molecule has 2 aromatic rings. The van der Waals surface area contributed by atoms with Crippen LogP contribution in [0.1, 0.15) is 12.6 Å². The Balaban J connectivity index is 2.20. The Morgan fingerprint density at radius 2 is 2.25 bits per heavy atom. The summed E-state index contributed by atoms with van der Waals surface area (Å²) >= 11 is 1.29. The molecule has 0 aliphatic carbocycles. The molecule has 0 bridgehead atoms. The fourth-order valence-electron chi connectivity index (χ4n) is 1.36. The Labute approximate surface area is 119 Å². The van der Waals surface area contributed by atoms with E-state index in [-0.39, 0.29) is 11.9 Å². The normalized spacial score (nSPS) is 10.1. The maximum Gasteiger partial charge on any atom is 0.217 e. The zero-order valence-electron chi connectivity index (χ0n) is 10.7. The SMILES string of the molecule is CC(=O)NCc1ccnc(-c2csc(N=C(N)N)n2)n1. The van der Waals surface area contributed by atoms with E-state index in [2.05, 4.69) is 25.3 Å². The van der Waals surface area contributed by atoms with Crippen molar-refractivity contribution < 1.29 is 4.79 Å². The van der Waals surface area contributed by atoms with Crippen LogP contribution in [0.4, 0.5) is 5.13 Å². The monoisotopic (exact) mass is 291 g/mol. The van der Waals surface area contributed by atoms with Gasteiger partial charge in [0, 0.05) is 18.5 Å². The van der Waals surface area contributed by atoms with Crippen LogP contribution in [0, 0.1) is 0 Å². The van der Waals surface area contributed by atoms with E-state index in [0.717, 1.165) is 0 Å². The maximum absolute atomic E-state index is 10.9. The van der Waals surface area contributed by atoms with E-state index in [0.29, 0.717) is 28.9 Å². The quantitative estimate of drug-likeness (QED) is 0.542. The molecular weight excluding hydrogens is 278 g/mol. The molecule has 20 heavy (non-hydrogen) atoms. The molecule has 0 aliphatic rings. The molecule has 0 saturated carbocycles. The van der Waals surface area contributed by atoms with Crippen LogP contribution in [0.5, 0.6) is 0 Å². The molecule has 9 heteroatoms. The van der Waals surface area contributed by atoms with Gasteiger partial charge in [-0.25, -0.2) is 15.0 Å². The molecule has 2 aromatic heterocycles. The van der Waals surface area contributed by atoms with Gasteiger partial charge in [0.15, 0.2) is 11.8 Å². The lowest BCUT2D eigenvalue weighted by Gasteiger charge is -2.02. The molecule has 0 aliphatic heterocycles. The first-order chi connectivity index (χ1) is 9.54. The Hall–Kier alpha value is -2.55. The fraction of sp³-hybridized carbons (Fsp3) is 0.182. The van der Waals surface area contributed by atoms with Crippen LogP contribution in [-0.4, -0.2) is 26.8 Å². The Kier molecular flexibility index (Phi) is 4.20. The summed E-state index contributed by atoms with van der Waals surface area (Å²) in [5.74, 6) is 0.293. The van der Waals surface area contributed by atoms with Gasteiger partial charge in [-0.1, -0.05) is 0 Å². The maximum atomic E-state index is 10.9. The minimum absolute atomic E-state index is 0.0498. The van der Waals surface area contributed by atoms with Crippen LogP contribution in [0.15, 0.2) is 22.6 Å². The van der Waals surface area contributed by atoms with Gasteiger partial charge in [0.25, 0.3) is 0 Å². The Bertz CT molecular complexity index is 648. The van der Waals surface area contributed by atoms with Crippen LogP contribution in [0.3, 0.4) is 0 Å². The zero-order valence-corrected chi connectivity index (χ0v) is 11.5. The van der Waals surface area contributed by atoms with Gasteiger partial charge in [-0.2, -0.15) is 4.99 Å². The van der Waals surface area contributed by atoms with E-state index >= 15 is 0 Å². The average molecular weight is 291 g/mol. The molecule has 0 atom stereocenters. The van der Waals surface area contributed by atoms with E-state index in [4.69, 9.17) is 11.5 Å². The summed E-state index contributed by atoms with van der Waals surface area (Å²) in [6, 6.07) is 1.72. The van der Waals surface area contributed by atoms with Gasteiger partial charge in [-0.3, -0.25) is 4.79 Å². The van der Waals surface area contributed by atoms with Gasteiger partial charge in [0.1, 0.15) is 5.69 Å². The number of thiazole rings is 1. The van der Waals surface area contributed by atoms with Crippen molar-refractivity contribution in [1.82, 2.24) is 20.3 Å². The van der Waals surface area contributed by atoms with E-state index in [1.165, 1.54) is 18.3 Å². The van der Waals surface area contributed by atoms with E-state index < -0.39 is 0 Å². The number of rotatable bonds is 4. The second kappa shape index (κ2) is 6.06. The van der Waals surface area contributed by atoms with Gasteiger partial charge < -0.3 is 16.8 Å². The van der Waals surface area contributed by atoms with Crippen LogP contribution < -0.4 is 16.8 Å². The molecule has 1 amide bonds. The number of amides is 1. The molecule has 5 N–H and O–H groups in total. The number of aromatic nitrogens is 3. The van der Waals surface area contributed by atoms with Gasteiger partial charge >= 0.3 is 0 Å². The molecule has 0 fully saturated rings. The number of hydrogen-bond donors (Lipinski definition) is 3. The molecule has 2 rings (SSSR count). The molecule has 0 spiro atoms. The molecule has 0 aromatic carbocycles. The van der Waals surface area contributed by atoms with E-state index in [1.54, 1.807) is 17.6 Å². The summed E-state index contributed by atoms with van der Waals surface area (Å²) in [5, 5.41) is 4.87. The second-order valence-corrected chi connectivity index (χ2v) is 4.67. The molecule has 2 heterocycles. The third-order valence-electron chi connectivity index (χ3n) is 2.18. The number of guanidine groups is 1. The van der Waals surface area contributed by atoms with Gasteiger partial charge in [0.2, 0.25) is 11.0 Å². The number of nitrogens with zero attached hydrogens (tertiary/aromatic N) is 4. The number of carbonyl (C=O) groups is 1. The van der Waals surface area contributed by atoms with Crippen LogP contribution in [0.25, 0.3) is 11.5 Å². The summed E-state index contributed by atoms with van der Waals surface area (Å²) in [6.45, 7) is 1.79. The summed E-state index contributed by atoms with van der Waals surface area (Å²) in [5.41, 5.74) is 11.9. The Morgan fingerprint density at radius 1 is 1.45 bits per heavy atom. The number of aliphatic imine (C=N–C) groups is 1. The molecule has 0 unspecified atom stereocenters. The van der Waals surface area contributed by atoms with Crippen molar-refractivity contribution in [2.45, 2.75) is 13.5 Å². The fourth-order valence-corrected chi connectivity index (χ4v) is 2.05. The van der Waals surface area contributed by atoms with Crippen molar-refractivity contribution in [3.8, 4) is 11.5 Å². The van der Waals surface area contributed by atoms with E-state index in [1.807, 2.05) is 0 Å². The first-order valence-electron chi connectivity index (χ1n) is 5.66. The largest absolute Gasteiger partial charge is 0.370 e. The van der Waals surface area contributed by atoms with Crippen LogP contribution >= 0.6 is 11.3 Å².